The quantitative estimate of drug-likeness (QED) is 0.650. The minimum Gasteiger partial charge on any atom is -0.352 e. The maximum atomic E-state index is 6.12. The van der Waals surface area contributed by atoms with Crippen molar-refractivity contribution in [2.75, 3.05) is 0 Å². The lowest BCUT2D eigenvalue weighted by Gasteiger charge is -2.04. The number of nitrogens with one attached hydrogen (secondary N) is 1. The molecule has 0 aliphatic carbocycles. The molecule has 0 aliphatic heterocycles. The maximum Gasteiger partial charge on any atom is 0.0687 e. The summed E-state index contributed by atoms with van der Waals surface area (Å²) in [5.41, 5.74) is 3.27. The zero-order valence-corrected chi connectivity index (χ0v) is 12.4. The summed E-state index contributed by atoms with van der Waals surface area (Å²) >= 11 is 9.68. The van der Waals surface area contributed by atoms with E-state index in [0.29, 0.717) is 5.92 Å². The third kappa shape index (κ3) is 1.73. The smallest absolute Gasteiger partial charge is 0.0687 e. The highest BCUT2D eigenvalue weighted by Crippen LogP contribution is 2.35. The van der Waals surface area contributed by atoms with Gasteiger partial charge in [-0.05, 0) is 40.0 Å². The first-order chi connectivity index (χ1) is 8.58. The molecule has 0 spiro atoms. The summed E-state index contributed by atoms with van der Waals surface area (Å²) in [6.07, 6.45) is 1.86. The predicted molar refractivity (Wildman–Crippen MR) is 80.4 cm³/mol. The Morgan fingerprint density at radius 2 is 2.00 bits per heavy atom. The lowest BCUT2D eigenvalue weighted by Crippen LogP contribution is -1.92. The van der Waals surface area contributed by atoms with E-state index in [-0.39, 0.29) is 0 Å². The second-order valence-corrected chi connectivity index (χ2v) is 6.00. The van der Waals surface area contributed by atoms with E-state index in [1.807, 2.05) is 24.4 Å². The van der Waals surface area contributed by atoms with Gasteiger partial charge in [0.05, 0.1) is 16.7 Å². The van der Waals surface area contributed by atoms with Crippen LogP contribution in [0.4, 0.5) is 0 Å². The number of aromatic nitrogens is 2. The average Bonchev–Trinajstić information content (AvgIpc) is 2.68. The standard InChI is InChI=1S/C14H12BrClN2/c1-7(2)12-14-9(3-4-17-12)10-5-8(16)6-11(15)13(10)18-14/h3-7,18H,1-2H3. The second-order valence-electron chi connectivity index (χ2n) is 4.71. The van der Waals surface area contributed by atoms with Crippen molar-refractivity contribution in [2.45, 2.75) is 19.8 Å². The molecule has 0 saturated carbocycles. The summed E-state index contributed by atoms with van der Waals surface area (Å²) in [4.78, 5) is 7.93. The molecule has 0 radical (unpaired) electrons. The zero-order valence-electron chi connectivity index (χ0n) is 10.1. The Bertz CT molecular complexity index is 746. The van der Waals surface area contributed by atoms with Crippen LogP contribution in [0.3, 0.4) is 0 Å². The highest BCUT2D eigenvalue weighted by atomic mass is 79.9. The number of nitrogens with zero attached hydrogens (tertiary/aromatic N) is 1. The molecule has 1 aromatic carbocycles. The van der Waals surface area contributed by atoms with Crippen molar-refractivity contribution in [3.63, 3.8) is 0 Å². The minimum atomic E-state index is 0.385. The molecule has 2 nitrogen and oxygen atoms in total. The molecule has 92 valence electrons. The minimum absolute atomic E-state index is 0.385. The third-order valence-electron chi connectivity index (χ3n) is 3.12. The Morgan fingerprint density at radius 1 is 1.22 bits per heavy atom. The van der Waals surface area contributed by atoms with Crippen molar-refractivity contribution in [2.24, 2.45) is 0 Å². The van der Waals surface area contributed by atoms with Crippen LogP contribution in [0.5, 0.6) is 0 Å². The van der Waals surface area contributed by atoms with Gasteiger partial charge in [0.25, 0.3) is 0 Å². The monoisotopic (exact) mass is 322 g/mol. The number of hydrogen-bond donors (Lipinski definition) is 1. The number of halogens is 2. The van der Waals surface area contributed by atoms with Crippen LogP contribution in [-0.2, 0) is 0 Å². The molecule has 18 heavy (non-hydrogen) atoms. The van der Waals surface area contributed by atoms with Crippen LogP contribution in [0.1, 0.15) is 25.5 Å². The van der Waals surface area contributed by atoms with Crippen LogP contribution in [0.15, 0.2) is 28.9 Å². The van der Waals surface area contributed by atoms with Crippen LogP contribution >= 0.6 is 27.5 Å². The van der Waals surface area contributed by atoms with Crippen molar-refractivity contribution < 1.29 is 0 Å². The molecule has 0 atom stereocenters. The van der Waals surface area contributed by atoms with Crippen molar-refractivity contribution in [3.05, 3.63) is 39.6 Å². The van der Waals surface area contributed by atoms with Crippen LogP contribution in [0.2, 0.25) is 5.02 Å². The molecule has 1 N–H and O–H groups in total. The fraction of sp³-hybridized carbons (Fsp3) is 0.214. The van der Waals surface area contributed by atoms with Crippen LogP contribution in [0.25, 0.3) is 21.8 Å². The van der Waals surface area contributed by atoms with Crippen molar-refractivity contribution in [1.29, 1.82) is 0 Å². The third-order valence-corrected chi connectivity index (χ3v) is 3.97. The first-order valence-electron chi connectivity index (χ1n) is 5.83. The largest absolute Gasteiger partial charge is 0.352 e. The van der Waals surface area contributed by atoms with E-state index >= 15 is 0 Å². The molecule has 2 heterocycles. The first-order valence-corrected chi connectivity index (χ1v) is 7.00. The van der Waals surface area contributed by atoms with Crippen molar-refractivity contribution in [3.8, 4) is 0 Å². The van der Waals surface area contributed by atoms with Gasteiger partial charge < -0.3 is 4.98 Å². The van der Waals surface area contributed by atoms with E-state index in [1.54, 1.807) is 0 Å². The normalized spacial score (nSPS) is 11.8. The van der Waals surface area contributed by atoms with E-state index in [0.717, 1.165) is 31.6 Å². The SMILES string of the molecule is CC(C)c1nccc2c1[nH]c1c(Br)cc(Cl)cc12. The Labute approximate surface area is 118 Å². The van der Waals surface area contributed by atoms with Gasteiger partial charge in [0.15, 0.2) is 0 Å². The fourth-order valence-electron chi connectivity index (χ4n) is 2.31. The predicted octanol–water partition coefficient (Wildman–Crippen LogP) is 5.26. The van der Waals surface area contributed by atoms with E-state index in [1.165, 1.54) is 5.39 Å². The van der Waals surface area contributed by atoms with E-state index in [2.05, 4.69) is 39.7 Å². The molecule has 0 bridgehead atoms. The van der Waals surface area contributed by atoms with Gasteiger partial charge in [0.1, 0.15) is 0 Å². The number of aromatic amines is 1. The molecule has 0 unspecified atom stereocenters. The number of pyridine rings is 1. The number of fused-ring (bicyclic) bond motifs is 3. The lowest BCUT2D eigenvalue weighted by molar-refractivity contribution is 0.832. The average molecular weight is 324 g/mol. The van der Waals surface area contributed by atoms with Crippen molar-refractivity contribution >= 4 is 49.3 Å². The van der Waals surface area contributed by atoms with Gasteiger partial charge >= 0.3 is 0 Å². The molecular formula is C14H12BrClN2. The van der Waals surface area contributed by atoms with E-state index in [9.17, 15) is 0 Å². The molecule has 4 heteroatoms. The number of H-pyrrole nitrogens is 1. The lowest BCUT2D eigenvalue weighted by atomic mass is 10.1. The van der Waals surface area contributed by atoms with Crippen LogP contribution in [0, 0.1) is 0 Å². The summed E-state index contributed by atoms with van der Waals surface area (Å²) in [5.74, 6) is 0.385. The molecule has 2 aromatic heterocycles. The molecule has 0 amide bonds. The van der Waals surface area contributed by atoms with Gasteiger partial charge in [0, 0.05) is 26.5 Å². The molecule has 0 aliphatic rings. The molecule has 0 saturated heterocycles. The van der Waals surface area contributed by atoms with Gasteiger partial charge in [-0.1, -0.05) is 25.4 Å². The number of hydrogen-bond acceptors (Lipinski definition) is 1. The Hall–Kier alpha value is -1.06. The second kappa shape index (κ2) is 4.25. The van der Waals surface area contributed by atoms with E-state index in [4.69, 9.17) is 11.6 Å². The number of rotatable bonds is 1. The fourth-order valence-corrected chi connectivity index (χ4v) is 3.22. The summed E-state index contributed by atoms with van der Waals surface area (Å²) in [6, 6.07) is 5.93. The van der Waals surface area contributed by atoms with Gasteiger partial charge in [0.2, 0.25) is 0 Å². The topological polar surface area (TPSA) is 28.7 Å². The first kappa shape index (κ1) is 12.0. The van der Waals surface area contributed by atoms with Gasteiger partial charge in [-0.15, -0.1) is 0 Å². The highest BCUT2D eigenvalue weighted by molar-refractivity contribution is 9.10. The van der Waals surface area contributed by atoms with Gasteiger partial charge in [-0.2, -0.15) is 0 Å². The highest BCUT2D eigenvalue weighted by Gasteiger charge is 2.13. The Morgan fingerprint density at radius 3 is 2.72 bits per heavy atom. The summed E-state index contributed by atoms with van der Waals surface area (Å²) in [5, 5.41) is 3.04. The molecule has 0 fully saturated rings. The van der Waals surface area contributed by atoms with Crippen LogP contribution < -0.4 is 0 Å². The molecular weight excluding hydrogens is 312 g/mol. The molecule has 3 aromatic rings. The maximum absolute atomic E-state index is 6.12. The number of benzene rings is 1. The summed E-state index contributed by atoms with van der Waals surface area (Å²) in [7, 11) is 0. The van der Waals surface area contributed by atoms with Crippen molar-refractivity contribution in [1.82, 2.24) is 9.97 Å². The van der Waals surface area contributed by atoms with Gasteiger partial charge in [-0.25, -0.2) is 0 Å². The van der Waals surface area contributed by atoms with Crippen LogP contribution in [-0.4, -0.2) is 9.97 Å². The zero-order chi connectivity index (χ0) is 12.9. The summed E-state index contributed by atoms with van der Waals surface area (Å²) in [6.45, 7) is 4.30. The summed E-state index contributed by atoms with van der Waals surface area (Å²) < 4.78 is 0.982. The van der Waals surface area contributed by atoms with E-state index < -0.39 is 0 Å². The Balaban J connectivity index is 2.51. The molecule has 3 rings (SSSR count). The van der Waals surface area contributed by atoms with Gasteiger partial charge in [-0.3, -0.25) is 4.98 Å². The Kier molecular flexibility index (Phi) is 2.83.